The fourth-order valence-electron chi connectivity index (χ4n) is 3.24. The summed E-state index contributed by atoms with van der Waals surface area (Å²) in [5.41, 5.74) is 1.88. The molecule has 4 aromatic heterocycles. The summed E-state index contributed by atoms with van der Waals surface area (Å²) in [6, 6.07) is 6.12. The van der Waals surface area contributed by atoms with Gasteiger partial charge in [0.15, 0.2) is 0 Å². The van der Waals surface area contributed by atoms with Crippen LogP contribution in [-0.2, 0) is 0 Å². The topological polar surface area (TPSA) is 76.7 Å². The van der Waals surface area contributed by atoms with Crippen LogP contribution in [0.25, 0.3) is 22.4 Å². The Labute approximate surface area is 150 Å². The predicted molar refractivity (Wildman–Crippen MR) is 98.9 cm³/mol. The highest BCUT2D eigenvalue weighted by Gasteiger charge is 2.12. The van der Waals surface area contributed by atoms with Crippen LogP contribution in [0.4, 0.5) is 5.82 Å². The van der Waals surface area contributed by atoms with Crippen LogP contribution in [0, 0.1) is 0 Å². The summed E-state index contributed by atoms with van der Waals surface area (Å²) < 4.78 is 3.75. The summed E-state index contributed by atoms with van der Waals surface area (Å²) in [5.74, 6) is 1.83. The van der Waals surface area contributed by atoms with Crippen molar-refractivity contribution in [1.82, 2.24) is 34.6 Å². The minimum atomic E-state index is 0.821. The molecule has 5 heterocycles. The van der Waals surface area contributed by atoms with Gasteiger partial charge in [-0.2, -0.15) is 5.10 Å². The van der Waals surface area contributed by atoms with E-state index in [9.17, 15) is 0 Å². The van der Waals surface area contributed by atoms with Gasteiger partial charge in [0.1, 0.15) is 18.0 Å². The number of imidazole rings is 1. The first kappa shape index (κ1) is 15.0. The van der Waals surface area contributed by atoms with Gasteiger partial charge in [0, 0.05) is 44.0 Å². The average molecular weight is 346 g/mol. The molecule has 0 unspecified atom stereocenters. The number of piperazine rings is 1. The zero-order valence-corrected chi connectivity index (χ0v) is 14.2. The summed E-state index contributed by atoms with van der Waals surface area (Å²) in [4.78, 5) is 15.5. The molecule has 0 spiro atoms. The highest BCUT2D eigenvalue weighted by atomic mass is 15.3. The maximum atomic E-state index is 4.63. The molecule has 0 aliphatic carbocycles. The van der Waals surface area contributed by atoms with Crippen LogP contribution in [0.15, 0.2) is 55.5 Å². The quantitative estimate of drug-likeness (QED) is 0.604. The minimum absolute atomic E-state index is 0.821. The number of hydrogen-bond donors (Lipinski definition) is 1. The van der Waals surface area contributed by atoms with Crippen molar-refractivity contribution in [2.24, 2.45) is 0 Å². The van der Waals surface area contributed by atoms with E-state index in [-0.39, 0.29) is 0 Å². The second kappa shape index (κ2) is 6.23. The van der Waals surface area contributed by atoms with E-state index < -0.39 is 0 Å². The molecular formula is C18H18N8. The Morgan fingerprint density at radius 1 is 0.962 bits per heavy atom. The molecule has 1 N–H and O–H groups in total. The first-order valence-electron chi connectivity index (χ1n) is 8.63. The van der Waals surface area contributed by atoms with Gasteiger partial charge in [-0.15, -0.1) is 0 Å². The molecule has 1 fully saturated rings. The Hall–Kier alpha value is -3.26. The van der Waals surface area contributed by atoms with Crippen molar-refractivity contribution >= 4 is 16.7 Å². The van der Waals surface area contributed by atoms with Gasteiger partial charge in [0.25, 0.3) is 0 Å². The summed E-state index contributed by atoms with van der Waals surface area (Å²) >= 11 is 0. The molecule has 1 aliphatic rings. The standard InChI is InChI=1S/C18H18N8/c1-2-17(24-6-3-19-4-7-24)21-11-15(1)26-16-12-22-18(9-14(16)10-23-26)25-8-5-20-13-25/h1-2,5,8-13,19H,3-4,6-7H2. The van der Waals surface area contributed by atoms with Gasteiger partial charge in [-0.3, -0.25) is 4.57 Å². The van der Waals surface area contributed by atoms with Gasteiger partial charge < -0.3 is 10.2 Å². The third-order valence-corrected chi connectivity index (χ3v) is 4.63. The molecule has 1 saturated heterocycles. The van der Waals surface area contributed by atoms with E-state index in [1.807, 2.05) is 40.1 Å². The normalized spacial score (nSPS) is 14.8. The Balaban J connectivity index is 1.47. The van der Waals surface area contributed by atoms with Crippen molar-refractivity contribution in [2.45, 2.75) is 0 Å². The second-order valence-corrected chi connectivity index (χ2v) is 6.24. The van der Waals surface area contributed by atoms with E-state index in [2.05, 4.69) is 42.4 Å². The molecule has 26 heavy (non-hydrogen) atoms. The molecule has 8 heteroatoms. The van der Waals surface area contributed by atoms with E-state index >= 15 is 0 Å². The molecule has 4 aromatic rings. The molecule has 0 saturated carbocycles. The van der Waals surface area contributed by atoms with Gasteiger partial charge >= 0.3 is 0 Å². The number of pyridine rings is 2. The minimum Gasteiger partial charge on any atom is -0.354 e. The zero-order valence-electron chi connectivity index (χ0n) is 14.2. The Morgan fingerprint density at radius 2 is 1.85 bits per heavy atom. The van der Waals surface area contributed by atoms with Crippen LogP contribution >= 0.6 is 0 Å². The SMILES string of the molecule is c1cn(-c2cc3cnn(-c4ccc(N5CCNCC5)nc4)c3cn2)cn1. The third kappa shape index (κ3) is 2.60. The van der Waals surface area contributed by atoms with E-state index in [1.165, 1.54) is 0 Å². The molecule has 0 bridgehead atoms. The maximum Gasteiger partial charge on any atom is 0.138 e. The number of anilines is 1. The van der Waals surface area contributed by atoms with Crippen LogP contribution in [-0.4, -0.2) is 55.5 Å². The fraction of sp³-hybridized carbons (Fsp3) is 0.222. The lowest BCUT2D eigenvalue weighted by molar-refractivity contribution is 0.585. The van der Waals surface area contributed by atoms with Crippen LogP contribution in [0.3, 0.4) is 0 Å². The van der Waals surface area contributed by atoms with Crippen molar-refractivity contribution < 1.29 is 0 Å². The number of fused-ring (bicyclic) bond motifs is 1. The maximum absolute atomic E-state index is 4.63. The number of rotatable bonds is 3. The van der Waals surface area contributed by atoms with Gasteiger partial charge in [0.2, 0.25) is 0 Å². The number of nitrogens with zero attached hydrogens (tertiary/aromatic N) is 7. The molecule has 5 rings (SSSR count). The largest absolute Gasteiger partial charge is 0.354 e. The van der Waals surface area contributed by atoms with E-state index in [0.29, 0.717) is 0 Å². The third-order valence-electron chi connectivity index (χ3n) is 4.63. The molecule has 1 aliphatic heterocycles. The van der Waals surface area contributed by atoms with Crippen molar-refractivity contribution in [3.8, 4) is 11.5 Å². The first-order valence-corrected chi connectivity index (χ1v) is 8.63. The van der Waals surface area contributed by atoms with Crippen LogP contribution in [0.1, 0.15) is 0 Å². The predicted octanol–water partition coefficient (Wildman–Crippen LogP) is 1.41. The lowest BCUT2D eigenvalue weighted by Gasteiger charge is -2.28. The van der Waals surface area contributed by atoms with E-state index in [1.54, 1.807) is 12.5 Å². The molecular weight excluding hydrogens is 328 g/mol. The monoisotopic (exact) mass is 346 g/mol. The average Bonchev–Trinajstić information content (AvgIpc) is 3.38. The van der Waals surface area contributed by atoms with Gasteiger partial charge in [-0.05, 0) is 18.2 Å². The van der Waals surface area contributed by atoms with Crippen molar-refractivity contribution in [1.29, 1.82) is 0 Å². The van der Waals surface area contributed by atoms with E-state index in [4.69, 9.17) is 0 Å². The molecule has 0 radical (unpaired) electrons. The van der Waals surface area contributed by atoms with Gasteiger partial charge in [-0.25, -0.2) is 19.6 Å². The zero-order chi connectivity index (χ0) is 17.3. The highest BCUT2D eigenvalue weighted by Crippen LogP contribution is 2.21. The fourth-order valence-corrected chi connectivity index (χ4v) is 3.24. The number of aromatic nitrogens is 6. The highest BCUT2D eigenvalue weighted by molar-refractivity contribution is 5.80. The first-order chi connectivity index (χ1) is 12.9. The molecule has 0 atom stereocenters. The Kier molecular flexibility index (Phi) is 3.60. The number of hydrogen-bond acceptors (Lipinski definition) is 6. The smallest absolute Gasteiger partial charge is 0.138 e. The second-order valence-electron chi connectivity index (χ2n) is 6.24. The summed E-state index contributed by atoms with van der Waals surface area (Å²) in [6.45, 7) is 3.96. The van der Waals surface area contributed by atoms with Crippen LogP contribution < -0.4 is 10.2 Å². The van der Waals surface area contributed by atoms with E-state index in [0.717, 1.165) is 54.4 Å². The molecule has 0 amide bonds. The molecule has 0 aromatic carbocycles. The lowest BCUT2D eigenvalue weighted by Crippen LogP contribution is -2.43. The van der Waals surface area contributed by atoms with Gasteiger partial charge in [-0.1, -0.05) is 0 Å². The molecule has 8 nitrogen and oxygen atoms in total. The van der Waals surface area contributed by atoms with Crippen LogP contribution in [0.5, 0.6) is 0 Å². The van der Waals surface area contributed by atoms with Crippen molar-refractivity contribution in [2.75, 3.05) is 31.1 Å². The lowest BCUT2D eigenvalue weighted by atomic mass is 10.3. The van der Waals surface area contributed by atoms with Crippen LogP contribution in [0.2, 0.25) is 0 Å². The summed E-state index contributed by atoms with van der Waals surface area (Å²) in [6.07, 6.45) is 10.9. The Bertz CT molecular complexity index is 1010. The van der Waals surface area contributed by atoms with Crippen molar-refractivity contribution in [3.63, 3.8) is 0 Å². The summed E-state index contributed by atoms with van der Waals surface area (Å²) in [5, 5.41) is 8.90. The summed E-state index contributed by atoms with van der Waals surface area (Å²) in [7, 11) is 0. The molecule has 130 valence electrons. The Morgan fingerprint density at radius 3 is 2.62 bits per heavy atom. The van der Waals surface area contributed by atoms with Gasteiger partial charge in [0.05, 0.1) is 29.8 Å². The number of nitrogens with one attached hydrogen (secondary N) is 1. The van der Waals surface area contributed by atoms with Crippen molar-refractivity contribution in [3.05, 3.63) is 55.5 Å².